The molecule has 0 unspecified atom stereocenters. The van der Waals surface area contributed by atoms with E-state index < -0.39 is 0 Å². The largest absolute Gasteiger partial charge is 0.493 e. The summed E-state index contributed by atoms with van der Waals surface area (Å²) in [6.45, 7) is 4.59. The molecule has 1 aromatic rings. The first kappa shape index (κ1) is 14.2. The number of thioether (sulfide) groups is 2. The van der Waals surface area contributed by atoms with Gasteiger partial charge >= 0.3 is 0 Å². The van der Waals surface area contributed by atoms with Crippen LogP contribution in [0.25, 0.3) is 6.08 Å². The zero-order valence-corrected chi connectivity index (χ0v) is 12.5. The van der Waals surface area contributed by atoms with Crippen LogP contribution in [0.1, 0.15) is 19.4 Å². The van der Waals surface area contributed by atoms with Crippen LogP contribution in [0.4, 0.5) is 0 Å². The van der Waals surface area contributed by atoms with Gasteiger partial charge in [0.15, 0.2) is 0 Å². The lowest BCUT2D eigenvalue weighted by Gasteiger charge is -2.06. The summed E-state index contributed by atoms with van der Waals surface area (Å²) < 4.78 is 6.37. The fourth-order valence-electron chi connectivity index (χ4n) is 1.61. The van der Waals surface area contributed by atoms with E-state index in [-0.39, 0.29) is 5.12 Å². The van der Waals surface area contributed by atoms with Gasteiger partial charge in [-0.1, -0.05) is 36.9 Å². The smallest absolute Gasteiger partial charge is 0.244 e. The molecule has 5 heteroatoms. The third kappa shape index (κ3) is 3.64. The lowest BCUT2D eigenvalue weighted by molar-refractivity contribution is -0.107. The highest BCUT2D eigenvalue weighted by Gasteiger charge is 2.22. The van der Waals surface area contributed by atoms with Crippen LogP contribution < -0.4 is 4.74 Å². The van der Waals surface area contributed by atoms with Gasteiger partial charge in [-0.15, -0.1) is 0 Å². The summed E-state index contributed by atoms with van der Waals surface area (Å²) in [5, 5.41) is 0.00208. The Hall–Kier alpha value is -1.20. The number of rotatable bonds is 4. The molecular weight excluding hydrogens is 278 g/mol. The lowest BCUT2D eigenvalue weighted by atomic mass is 10.1. The maximum atomic E-state index is 11.9. The molecule has 0 bridgehead atoms. The Labute approximate surface area is 121 Å². The van der Waals surface area contributed by atoms with Crippen molar-refractivity contribution in [1.82, 2.24) is 0 Å². The van der Waals surface area contributed by atoms with E-state index in [1.54, 1.807) is 17.8 Å². The van der Waals surface area contributed by atoms with Crippen LogP contribution in [0, 0.1) is 0 Å². The molecule has 0 saturated carbocycles. The number of benzene rings is 1. The molecule has 0 spiro atoms. The van der Waals surface area contributed by atoms with Crippen molar-refractivity contribution in [2.75, 3.05) is 12.4 Å². The van der Waals surface area contributed by atoms with Gasteiger partial charge < -0.3 is 4.74 Å². The minimum absolute atomic E-state index is 0.00208. The first-order chi connectivity index (χ1) is 9.24. The van der Waals surface area contributed by atoms with Crippen molar-refractivity contribution in [1.29, 1.82) is 0 Å². The average molecular weight is 293 g/mol. The van der Waals surface area contributed by atoms with Crippen LogP contribution in [0.15, 0.2) is 35.0 Å². The van der Waals surface area contributed by atoms with E-state index in [4.69, 9.17) is 4.74 Å². The molecule has 1 aliphatic heterocycles. The molecule has 0 N–H and O–H groups in total. The van der Waals surface area contributed by atoms with Gasteiger partial charge in [-0.3, -0.25) is 4.79 Å². The molecule has 100 valence electrons. The Morgan fingerprint density at radius 3 is 2.89 bits per heavy atom. The second-order valence-corrected chi connectivity index (χ2v) is 6.17. The Morgan fingerprint density at radius 1 is 1.37 bits per heavy atom. The van der Waals surface area contributed by atoms with Crippen molar-refractivity contribution in [2.24, 2.45) is 4.99 Å². The monoisotopic (exact) mass is 293 g/mol. The Morgan fingerprint density at radius 2 is 2.16 bits per heavy atom. The standard InChI is InChI=1S/C14H15NO2S2/c1-3-17-12-8-6-5-7-10(12)9-11-13(16)19-14(15-11)18-4-2/h5-9H,3-4H2,1-2H3/b11-9-. The maximum Gasteiger partial charge on any atom is 0.244 e. The first-order valence-corrected chi connectivity index (χ1v) is 7.92. The second kappa shape index (κ2) is 6.82. The molecule has 1 aliphatic rings. The summed E-state index contributed by atoms with van der Waals surface area (Å²) in [6.07, 6.45) is 1.80. The topological polar surface area (TPSA) is 38.7 Å². The lowest BCUT2D eigenvalue weighted by Crippen LogP contribution is -1.94. The van der Waals surface area contributed by atoms with Crippen molar-refractivity contribution < 1.29 is 9.53 Å². The first-order valence-electron chi connectivity index (χ1n) is 6.11. The highest BCUT2D eigenvalue weighted by molar-refractivity contribution is 8.45. The normalized spacial score (nSPS) is 16.8. The number of aliphatic imine (C=N–C) groups is 1. The predicted molar refractivity (Wildman–Crippen MR) is 83.8 cm³/mol. The fraction of sp³-hybridized carbons (Fsp3) is 0.286. The molecule has 0 atom stereocenters. The number of hydrogen-bond donors (Lipinski definition) is 0. The zero-order chi connectivity index (χ0) is 13.7. The number of carbonyl (C=O) groups is 1. The third-order valence-electron chi connectivity index (χ3n) is 2.38. The van der Waals surface area contributed by atoms with Crippen LogP contribution in [-0.4, -0.2) is 21.9 Å². The quantitative estimate of drug-likeness (QED) is 0.791. The Bertz CT molecular complexity index is 538. The Kier molecular flexibility index (Phi) is 5.10. The van der Waals surface area contributed by atoms with E-state index in [0.717, 1.165) is 21.4 Å². The number of carbonyl (C=O) groups excluding carboxylic acids is 1. The summed E-state index contributed by atoms with van der Waals surface area (Å²) in [5.74, 6) is 1.70. The molecule has 19 heavy (non-hydrogen) atoms. The number of para-hydroxylation sites is 1. The maximum absolute atomic E-state index is 11.9. The van der Waals surface area contributed by atoms with Gasteiger partial charge in [-0.05, 0) is 36.6 Å². The van der Waals surface area contributed by atoms with E-state index in [1.807, 2.05) is 38.1 Å². The number of ether oxygens (including phenoxy) is 1. The molecule has 0 aromatic heterocycles. The van der Waals surface area contributed by atoms with Gasteiger partial charge in [0, 0.05) is 5.56 Å². The van der Waals surface area contributed by atoms with Crippen LogP contribution in [0.2, 0.25) is 0 Å². The summed E-state index contributed by atoms with van der Waals surface area (Å²) in [5.41, 5.74) is 1.38. The molecule has 0 amide bonds. The minimum Gasteiger partial charge on any atom is -0.493 e. The number of nitrogens with zero attached hydrogens (tertiary/aromatic N) is 1. The molecule has 0 fully saturated rings. The summed E-state index contributed by atoms with van der Waals surface area (Å²) in [4.78, 5) is 16.2. The molecule has 0 saturated heterocycles. The molecule has 1 heterocycles. The summed E-state index contributed by atoms with van der Waals surface area (Å²) in [6, 6.07) is 7.66. The van der Waals surface area contributed by atoms with Crippen LogP contribution in [0.5, 0.6) is 5.75 Å². The van der Waals surface area contributed by atoms with Crippen LogP contribution in [0.3, 0.4) is 0 Å². The molecule has 3 nitrogen and oxygen atoms in total. The van der Waals surface area contributed by atoms with E-state index in [9.17, 15) is 4.79 Å². The molecule has 0 aliphatic carbocycles. The molecular formula is C14H15NO2S2. The van der Waals surface area contributed by atoms with Crippen molar-refractivity contribution in [3.05, 3.63) is 35.5 Å². The van der Waals surface area contributed by atoms with Crippen molar-refractivity contribution in [3.63, 3.8) is 0 Å². The van der Waals surface area contributed by atoms with E-state index in [0.29, 0.717) is 12.3 Å². The van der Waals surface area contributed by atoms with E-state index >= 15 is 0 Å². The predicted octanol–water partition coefficient (Wildman–Crippen LogP) is 3.81. The fourth-order valence-corrected chi connectivity index (χ4v) is 3.35. The average Bonchev–Trinajstić information content (AvgIpc) is 2.73. The minimum atomic E-state index is 0.00208. The Balaban J connectivity index is 2.28. The third-order valence-corrected chi connectivity index (χ3v) is 4.27. The van der Waals surface area contributed by atoms with Gasteiger partial charge in [0.05, 0.1) is 6.61 Å². The molecule has 1 aromatic carbocycles. The number of hydrogen-bond acceptors (Lipinski definition) is 5. The second-order valence-electron chi connectivity index (χ2n) is 3.70. The zero-order valence-electron chi connectivity index (χ0n) is 10.9. The summed E-state index contributed by atoms with van der Waals surface area (Å²) >= 11 is 2.79. The van der Waals surface area contributed by atoms with Crippen LogP contribution in [-0.2, 0) is 4.79 Å². The molecule has 0 radical (unpaired) electrons. The van der Waals surface area contributed by atoms with Gasteiger partial charge in [0.1, 0.15) is 15.8 Å². The summed E-state index contributed by atoms with van der Waals surface area (Å²) in [7, 11) is 0. The van der Waals surface area contributed by atoms with Crippen LogP contribution >= 0.6 is 23.5 Å². The van der Waals surface area contributed by atoms with Crippen molar-refractivity contribution in [2.45, 2.75) is 13.8 Å². The highest BCUT2D eigenvalue weighted by Crippen LogP contribution is 2.32. The van der Waals surface area contributed by atoms with E-state index in [2.05, 4.69) is 4.99 Å². The van der Waals surface area contributed by atoms with Gasteiger partial charge in [0.2, 0.25) is 5.12 Å². The SMILES string of the molecule is CCOc1ccccc1/C=C1\N=C(SCC)SC1=O. The van der Waals surface area contributed by atoms with Crippen molar-refractivity contribution >= 4 is 39.1 Å². The van der Waals surface area contributed by atoms with Gasteiger partial charge in [0.25, 0.3) is 0 Å². The van der Waals surface area contributed by atoms with Crippen molar-refractivity contribution in [3.8, 4) is 5.75 Å². The van der Waals surface area contributed by atoms with Gasteiger partial charge in [-0.25, -0.2) is 4.99 Å². The van der Waals surface area contributed by atoms with Gasteiger partial charge in [-0.2, -0.15) is 0 Å². The highest BCUT2D eigenvalue weighted by atomic mass is 32.2. The molecule has 2 rings (SSSR count). The van der Waals surface area contributed by atoms with E-state index in [1.165, 1.54) is 11.8 Å².